The van der Waals surface area contributed by atoms with E-state index in [1.807, 2.05) is 50.2 Å². The third kappa shape index (κ3) is 3.26. The maximum absolute atomic E-state index is 12.7. The molecule has 0 unspecified atom stereocenters. The highest BCUT2D eigenvalue weighted by atomic mass is 35.5. The molecule has 0 aliphatic rings. The number of fused-ring (bicyclic) bond motifs is 1. The van der Waals surface area contributed by atoms with E-state index in [4.69, 9.17) is 16.3 Å². The molecule has 122 valence electrons. The first-order valence-electron chi connectivity index (χ1n) is 7.90. The van der Waals surface area contributed by atoms with Crippen LogP contribution < -0.4 is 0 Å². The van der Waals surface area contributed by atoms with Crippen molar-refractivity contribution in [3.63, 3.8) is 0 Å². The summed E-state index contributed by atoms with van der Waals surface area (Å²) in [5, 5.41) is 1.49. The molecule has 0 N–H and O–H groups in total. The van der Waals surface area contributed by atoms with E-state index in [2.05, 4.69) is 4.98 Å². The molecule has 0 atom stereocenters. The number of carbonyl (C=O) groups is 1. The quantitative estimate of drug-likeness (QED) is 0.619. The second kappa shape index (κ2) is 7.02. The molecule has 0 bridgehead atoms. The predicted octanol–water partition coefficient (Wildman–Crippen LogP) is 5.12. The van der Waals surface area contributed by atoms with Crippen molar-refractivity contribution in [2.75, 3.05) is 0 Å². The minimum absolute atomic E-state index is 0.216. The van der Waals surface area contributed by atoms with Crippen LogP contribution in [-0.4, -0.2) is 11.0 Å². The maximum Gasteiger partial charge on any atom is 0.339 e. The molecule has 4 heteroatoms. The molecular formula is C20H18ClNO2. The summed E-state index contributed by atoms with van der Waals surface area (Å²) in [6.07, 6.45) is 0.772. The Morgan fingerprint density at radius 3 is 2.54 bits per heavy atom. The predicted molar refractivity (Wildman–Crippen MR) is 96.4 cm³/mol. The monoisotopic (exact) mass is 339 g/mol. The minimum Gasteiger partial charge on any atom is -0.457 e. The molecule has 0 radical (unpaired) electrons. The summed E-state index contributed by atoms with van der Waals surface area (Å²) in [4.78, 5) is 17.4. The fourth-order valence-electron chi connectivity index (χ4n) is 2.77. The fraction of sp³-hybridized carbons (Fsp3) is 0.200. The van der Waals surface area contributed by atoms with Gasteiger partial charge in [0.25, 0.3) is 0 Å². The van der Waals surface area contributed by atoms with Crippen LogP contribution in [0.1, 0.15) is 34.1 Å². The van der Waals surface area contributed by atoms with Crippen LogP contribution in [0.3, 0.4) is 0 Å². The number of rotatable bonds is 4. The standard InChI is InChI=1S/C20H18ClNO2/c1-3-17-13(2)19(16-6-4-5-7-18(16)22-17)20(23)24-12-14-8-10-15(21)11-9-14/h4-11H,3,12H2,1-2H3. The van der Waals surface area contributed by atoms with Gasteiger partial charge in [-0.25, -0.2) is 4.79 Å². The lowest BCUT2D eigenvalue weighted by Gasteiger charge is -2.13. The number of esters is 1. The molecule has 0 saturated carbocycles. The number of benzene rings is 2. The Hall–Kier alpha value is -2.39. The Morgan fingerprint density at radius 1 is 1.12 bits per heavy atom. The lowest BCUT2D eigenvalue weighted by molar-refractivity contribution is 0.0474. The van der Waals surface area contributed by atoms with Crippen LogP contribution in [-0.2, 0) is 17.8 Å². The zero-order valence-corrected chi connectivity index (χ0v) is 14.4. The lowest BCUT2D eigenvalue weighted by Crippen LogP contribution is -2.11. The topological polar surface area (TPSA) is 39.2 Å². The number of carbonyl (C=O) groups excluding carboxylic acids is 1. The van der Waals surface area contributed by atoms with Gasteiger partial charge in [0, 0.05) is 16.1 Å². The molecule has 0 amide bonds. The van der Waals surface area contributed by atoms with Crippen molar-refractivity contribution in [2.24, 2.45) is 0 Å². The van der Waals surface area contributed by atoms with Gasteiger partial charge < -0.3 is 4.74 Å². The van der Waals surface area contributed by atoms with Crippen molar-refractivity contribution >= 4 is 28.5 Å². The van der Waals surface area contributed by atoms with E-state index in [0.29, 0.717) is 10.6 Å². The Labute approximate surface area is 146 Å². The number of ether oxygens (including phenoxy) is 1. The molecule has 0 spiro atoms. The number of para-hydroxylation sites is 1. The highest BCUT2D eigenvalue weighted by Crippen LogP contribution is 2.24. The lowest BCUT2D eigenvalue weighted by atomic mass is 10.0. The highest BCUT2D eigenvalue weighted by Gasteiger charge is 2.18. The van der Waals surface area contributed by atoms with Gasteiger partial charge in [-0.15, -0.1) is 0 Å². The van der Waals surface area contributed by atoms with Crippen LogP contribution in [0.5, 0.6) is 0 Å². The minimum atomic E-state index is -0.323. The Morgan fingerprint density at radius 2 is 1.83 bits per heavy atom. The molecule has 0 saturated heterocycles. The molecule has 3 aromatic rings. The number of hydrogen-bond acceptors (Lipinski definition) is 3. The van der Waals surface area contributed by atoms with Gasteiger partial charge >= 0.3 is 5.97 Å². The first-order valence-corrected chi connectivity index (χ1v) is 8.27. The average Bonchev–Trinajstić information content (AvgIpc) is 2.60. The van der Waals surface area contributed by atoms with E-state index in [-0.39, 0.29) is 12.6 Å². The van der Waals surface area contributed by atoms with Crippen molar-refractivity contribution in [1.82, 2.24) is 4.98 Å². The zero-order valence-electron chi connectivity index (χ0n) is 13.7. The van der Waals surface area contributed by atoms with Crippen molar-refractivity contribution in [3.05, 3.63) is 75.9 Å². The number of halogens is 1. The van der Waals surface area contributed by atoms with Gasteiger partial charge in [0.1, 0.15) is 6.61 Å². The summed E-state index contributed by atoms with van der Waals surface area (Å²) in [6, 6.07) is 14.9. The van der Waals surface area contributed by atoms with Crippen LogP contribution >= 0.6 is 11.6 Å². The molecule has 1 aromatic heterocycles. The van der Waals surface area contributed by atoms with Gasteiger partial charge in [-0.05, 0) is 42.7 Å². The van der Waals surface area contributed by atoms with E-state index in [9.17, 15) is 4.79 Å². The van der Waals surface area contributed by atoms with Crippen LogP contribution in [0, 0.1) is 6.92 Å². The third-order valence-electron chi connectivity index (χ3n) is 4.06. The Bertz CT molecular complexity index is 888. The molecular weight excluding hydrogens is 322 g/mol. The molecule has 3 rings (SSSR count). The SMILES string of the molecule is CCc1nc2ccccc2c(C(=O)OCc2ccc(Cl)cc2)c1C. The molecule has 3 nitrogen and oxygen atoms in total. The Balaban J connectivity index is 1.93. The van der Waals surface area contributed by atoms with E-state index in [1.54, 1.807) is 12.1 Å². The Kier molecular flexibility index (Phi) is 4.81. The van der Waals surface area contributed by atoms with Gasteiger partial charge in [0.2, 0.25) is 0 Å². The van der Waals surface area contributed by atoms with Crippen molar-refractivity contribution in [3.8, 4) is 0 Å². The van der Waals surface area contributed by atoms with Gasteiger partial charge in [0.05, 0.1) is 11.1 Å². The molecule has 0 fully saturated rings. The molecule has 0 aliphatic carbocycles. The zero-order chi connectivity index (χ0) is 17.1. The van der Waals surface area contributed by atoms with Gasteiger partial charge in [-0.2, -0.15) is 0 Å². The normalized spacial score (nSPS) is 10.8. The van der Waals surface area contributed by atoms with Crippen molar-refractivity contribution in [2.45, 2.75) is 26.9 Å². The number of pyridine rings is 1. The largest absolute Gasteiger partial charge is 0.457 e. The van der Waals surface area contributed by atoms with E-state index in [1.165, 1.54) is 0 Å². The second-order valence-corrected chi connectivity index (χ2v) is 6.07. The summed E-state index contributed by atoms with van der Waals surface area (Å²) in [7, 11) is 0. The van der Waals surface area contributed by atoms with Crippen molar-refractivity contribution in [1.29, 1.82) is 0 Å². The smallest absolute Gasteiger partial charge is 0.339 e. The summed E-state index contributed by atoms with van der Waals surface area (Å²) < 4.78 is 5.53. The second-order valence-electron chi connectivity index (χ2n) is 5.63. The van der Waals surface area contributed by atoms with E-state index in [0.717, 1.165) is 34.1 Å². The maximum atomic E-state index is 12.7. The average molecular weight is 340 g/mol. The number of hydrogen-bond donors (Lipinski definition) is 0. The first-order chi connectivity index (χ1) is 11.6. The van der Waals surface area contributed by atoms with Gasteiger partial charge in [-0.3, -0.25) is 4.98 Å². The molecule has 1 heterocycles. The number of aryl methyl sites for hydroxylation is 1. The van der Waals surface area contributed by atoms with Gasteiger partial charge in [-0.1, -0.05) is 48.9 Å². The molecule has 24 heavy (non-hydrogen) atoms. The molecule has 2 aromatic carbocycles. The van der Waals surface area contributed by atoms with E-state index >= 15 is 0 Å². The fourth-order valence-corrected chi connectivity index (χ4v) is 2.89. The van der Waals surface area contributed by atoms with E-state index < -0.39 is 0 Å². The summed E-state index contributed by atoms with van der Waals surface area (Å²) in [5.41, 5.74) is 4.13. The van der Waals surface area contributed by atoms with Crippen LogP contribution in [0.2, 0.25) is 5.02 Å². The summed E-state index contributed by atoms with van der Waals surface area (Å²) in [5.74, 6) is -0.323. The number of nitrogens with zero attached hydrogens (tertiary/aromatic N) is 1. The summed E-state index contributed by atoms with van der Waals surface area (Å²) >= 11 is 5.88. The third-order valence-corrected chi connectivity index (χ3v) is 4.31. The van der Waals surface area contributed by atoms with Crippen molar-refractivity contribution < 1.29 is 9.53 Å². The van der Waals surface area contributed by atoms with Crippen LogP contribution in [0.25, 0.3) is 10.9 Å². The number of aromatic nitrogens is 1. The summed E-state index contributed by atoms with van der Waals surface area (Å²) in [6.45, 7) is 4.18. The van der Waals surface area contributed by atoms with Gasteiger partial charge in [0.15, 0.2) is 0 Å². The highest BCUT2D eigenvalue weighted by molar-refractivity contribution is 6.30. The first kappa shape index (κ1) is 16.5. The molecule has 0 aliphatic heterocycles. The van der Waals surface area contributed by atoms with Crippen LogP contribution in [0.4, 0.5) is 0 Å². The van der Waals surface area contributed by atoms with Crippen LogP contribution in [0.15, 0.2) is 48.5 Å².